The Morgan fingerprint density at radius 1 is 1.27 bits per heavy atom. The van der Waals surface area contributed by atoms with Gasteiger partial charge in [-0.15, -0.1) is 0 Å². The molecule has 2 atom stereocenters. The number of aliphatic hydroxyl groups is 1. The second-order valence-electron chi connectivity index (χ2n) is 6.37. The fourth-order valence-electron chi connectivity index (χ4n) is 3.77. The molecule has 0 saturated heterocycles. The van der Waals surface area contributed by atoms with Gasteiger partial charge in [-0.1, -0.05) is 31.9 Å². The van der Waals surface area contributed by atoms with Gasteiger partial charge in [-0.2, -0.15) is 0 Å². The molecular formula is C14H24O. The first-order valence-corrected chi connectivity index (χ1v) is 6.30. The first kappa shape index (κ1) is 11.2. The van der Waals surface area contributed by atoms with Crippen molar-refractivity contribution in [3.63, 3.8) is 0 Å². The van der Waals surface area contributed by atoms with E-state index < -0.39 is 0 Å². The Kier molecular flexibility index (Phi) is 2.70. The predicted octanol–water partition coefficient (Wildman–Crippen LogP) is 3.67. The first-order chi connectivity index (χ1) is 6.96. The Bertz CT molecular complexity index is 277. The van der Waals surface area contributed by atoms with Gasteiger partial charge in [-0.05, 0) is 44.4 Å². The lowest BCUT2D eigenvalue weighted by atomic mass is 9.56. The molecule has 2 rings (SSSR count). The SMILES string of the molecule is CC1=CCCC2(CCCC(C)(C)C2O)C1. The average Bonchev–Trinajstić information content (AvgIpc) is 2.14. The molecule has 1 saturated carbocycles. The zero-order valence-electron chi connectivity index (χ0n) is 10.3. The average molecular weight is 208 g/mol. The summed E-state index contributed by atoms with van der Waals surface area (Å²) in [6.07, 6.45) is 9.41. The highest BCUT2D eigenvalue weighted by Crippen LogP contribution is 2.53. The van der Waals surface area contributed by atoms with Gasteiger partial charge in [0.1, 0.15) is 0 Å². The molecule has 1 nitrogen and oxygen atoms in total. The van der Waals surface area contributed by atoms with E-state index in [4.69, 9.17) is 0 Å². The third-order valence-electron chi connectivity index (χ3n) is 4.58. The minimum atomic E-state index is -0.109. The minimum absolute atomic E-state index is 0.109. The van der Waals surface area contributed by atoms with Crippen LogP contribution in [0.2, 0.25) is 0 Å². The Labute approximate surface area is 93.6 Å². The summed E-state index contributed by atoms with van der Waals surface area (Å²) >= 11 is 0. The van der Waals surface area contributed by atoms with Gasteiger partial charge in [0.2, 0.25) is 0 Å². The molecule has 2 aliphatic rings. The van der Waals surface area contributed by atoms with Gasteiger partial charge < -0.3 is 5.11 Å². The maximum absolute atomic E-state index is 10.6. The number of allylic oxidation sites excluding steroid dienone is 2. The molecule has 0 aliphatic heterocycles. The van der Waals surface area contributed by atoms with Crippen LogP contribution in [0.25, 0.3) is 0 Å². The molecule has 2 aliphatic carbocycles. The van der Waals surface area contributed by atoms with Crippen molar-refractivity contribution in [3.05, 3.63) is 11.6 Å². The maximum atomic E-state index is 10.6. The second kappa shape index (κ2) is 3.62. The van der Waals surface area contributed by atoms with Crippen LogP contribution in [0.5, 0.6) is 0 Å². The number of hydrogen-bond donors (Lipinski definition) is 1. The third kappa shape index (κ3) is 1.87. The highest BCUT2D eigenvalue weighted by molar-refractivity contribution is 5.12. The van der Waals surface area contributed by atoms with Crippen molar-refractivity contribution in [2.75, 3.05) is 0 Å². The zero-order valence-corrected chi connectivity index (χ0v) is 10.3. The first-order valence-electron chi connectivity index (χ1n) is 6.30. The van der Waals surface area contributed by atoms with Gasteiger partial charge in [0.15, 0.2) is 0 Å². The summed E-state index contributed by atoms with van der Waals surface area (Å²) in [5.41, 5.74) is 1.81. The Morgan fingerprint density at radius 2 is 2.00 bits per heavy atom. The van der Waals surface area contributed by atoms with Crippen LogP contribution >= 0.6 is 0 Å². The molecule has 0 aromatic carbocycles. The molecule has 2 unspecified atom stereocenters. The van der Waals surface area contributed by atoms with E-state index in [1.54, 1.807) is 0 Å². The summed E-state index contributed by atoms with van der Waals surface area (Å²) in [4.78, 5) is 0. The second-order valence-corrected chi connectivity index (χ2v) is 6.37. The lowest BCUT2D eigenvalue weighted by molar-refractivity contribution is -0.0986. The van der Waals surface area contributed by atoms with Crippen molar-refractivity contribution >= 4 is 0 Å². The summed E-state index contributed by atoms with van der Waals surface area (Å²) in [5.74, 6) is 0. The molecule has 1 N–H and O–H groups in total. The molecule has 86 valence electrons. The molecule has 0 aromatic rings. The Balaban J connectivity index is 2.24. The molecule has 15 heavy (non-hydrogen) atoms. The van der Waals surface area contributed by atoms with E-state index in [0.29, 0.717) is 0 Å². The fraction of sp³-hybridized carbons (Fsp3) is 0.857. The number of aliphatic hydroxyl groups excluding tert-OH is 1. The van der Waals surface area contributed by atoms with Crippen LogP contribution in [0, 0.1) is 10.8 Å². The van der Waals surface area contributed by atoms with Gasteiger partial charge in [-0.3, -0.25) is 0 Å². The lowest BCUT2D eigenvalue weighted by Gasteiger charge is -2.51. The van der Waals surface area contributed by atoms with Crippen LogP contribution in [0.1, 0.15) is 59.3 Å². The highest BCUT2D eigenvalue weighted by atomic mass is 16.3. The van der Waals surface area contributed by atoms with Crippen molar-refractivity contribution in [2.24, 2.45) is 10.8 Å². The zero-order chi connectivity index (χ0) is 11.1. The van der Waals surface area contributed by atoms with Crippen LogP contribution in [0.3, 0.4) is 0 Å². The number of hydrogen-bond acceptors (Lipinski definition) is 1. The quantitative estimate of drug-likeness (QED) is 0.602. The maximum Gasteiger partial charge on any atom is 0.0650 e. The molecule has 0 radical (unpaired) electrons. The van der Waals surface area contributed by atoms with E-state index in [-0.39, 0.29) is 16.9 Å². The summed E-state index contributed by atoms with van der Waals surface area (Å²) in [5, 5.41) is 10.6. The van der Waals surface area contributed by atoms with Crippen molar-refractivity contribution in [1.82, 2.24) is 0 Å². The van der Waals surface area contributed by atoms with Crippen LogP contribution in [-0.4, -0.2) is 11.2 Å². The van der Waals surface area contributed by atoms with Crippen LogP contribution < -0.4 is 0 Å². The topological polar surface area (TPSA) is 20.2 Å². The molecule has 1 heteroatoms. The standard InChI is InChI=1S/C14H24O/c1-11-6-4-8-14(10-11)9-5-7-13(2,3)12(14)15/h6,12,15H,4-5,7-10H2,1-3H3. The van der Waals surface area contributed by atoms with Crippen molar-refractivity contribution in [3.8, 4) is 0 Å². The predicted molar refractivity (Wildman–Crippen MR) is 63.7 cm³/mol. The van der Waals surface area contributed by atoms with Gasteiger partial charge in [0.25, 0.3) is 0 Å². The van der Waals surface area contributed by atoms with Crippen molar-refractivity contribution < 1.29 is 5.11 Å². The molecule has 0 amide bonds. The largest absolute Gasteiger partial charge is 0.392 e. The monoisotopic (exact) mass is 208 g/mol. The summed E-state index contributed by atoms with van der Waals surface area (Å²) in [6, 6.07) is 0. The van der Waals surface area contributed by atoms with E-state index >= 15 is 0 Å². The molecule has 1 fully saturated rings. The van der Waals surface area contributed by atoms with Gasteiger partial charge in [-0.25, -0.2) is 0 Å². The molecular weight excluding hydrogens is 184 g/mol. The summed E-state index contributed by atoms with van der Waals surface area (Å²) in [7, 11) is 0. The highest BCUT2D eigenvalue weighted by Gasteiger charge is 2.48. The van der Waals surface area contributed by atoms with Crippen LogP contribution in [-0.2, 0) is 0 Å². The molecule has 1 spiro atoms. The van der Waals surface area contributed by atoms with E-state index in [1.165, 1.54) is 37.7 Å². The van der Waals surface area contributed by atoms with E-state index in [9.17, 15) is 5.11 Å². The number of rotatable bonds is 0. The van der Waals surface area contributed by atoms with Crippen molar-refractivity contribution in [1.29, 1.82) is 0 Å². The van der Waals surface area contributed by atoms with Gasteiger partial charge >= 0.3 is 0 Å². The van der Waals surface area contributed by atoms with Gasteiger partial charge in [0, 0.05) is 5.41 Å². The van der Waals surface area contributed by atoms with Gasteiger partial charge in [0.05, 0.1) is 6.10 Å². The van der Waals surface area contributed by atoms with Crippen LogP contribution in [0.15, 0.2) is 11.6 Å². The third-order valence-corrected chi connectivity index (χ3v) is 4.58. The van der Waals surface area contributed by atoms with E-state index in [1.807, 2.05) is 0 Å². The van der Waals surface area contributed by atoms with E-state index in [2.05, 4.69) is 26.8 Å². The normalized spacial score (nSPS) is 40.3. The summed E-state index contributed by atoms with van der Waals surface area (Å²) < 4.78 is 0. The molecule has 0 bridgehead atoms. The minimum Gasteiger partial charge on any atom is -0.392 e. The molecule has 0 heterocycles. The Hall–Kier alpha value is -0.300. The molecule has 0 aromatic heterocycles. The Morgan fingerprint density at radius 3 is 2.67 bits per heavy atom. The lowest BCUT2D eigenvalue weighted by Crippen LogP contribution is -2.49. The summed E-state index contributed by atoms with van der Waals surface area (Å²) in [6.45, 7) is 6.67. The fourth-order valence-corrected chi connectivity index (χ4v) is 3.77. The van der Waals surface area contributed by atoms with Crippen molar-refractivity contribution in [2.45, 2.75) is 65.4 Å². The van der Waals surface area contributed by atoms with E-state index in [0.717, 1.165) is 6.42 Å². The van der Waals surface area contributed by atoms with Crippen LogP contribution in [0.4, 0.5) is 0 Å². The smallest absolute Gasteiger partial charge is 0.0650 e.